The topological polar surface area (TPSA) is 21.6 Å². The highest BCUT2D eigenvalue weighted by Crippen LogP contribution is 2.30. The van der Waals surface area contributed by atoms with E-state index in [1.54, 1.807) is 7.11 Å². The molecule has 86 valence electrons. The molecule has 0 spiro atoms. The third kappa shape index (κ3) is 2.09. The Kier molecular flexibility index (Phi) is 2.72. The Morgan fingerprint density at radius 3 is 2.75 bits per heavy atom. The van der Waals surface area contributed by atoms with Gasteiger partial charge in [-0.2, -0.15) is 0 Å². The Labute approximate surface area is 97.0 Å². The smallest absolute Gasteiger partial charge is 0.223 e. The van der Waals surface area contributed by atoms with Gasteiger partial charge in [0, 0.05) is 5.57 Å². The standard InChI is InChI=1S/C13H19N2O/c1-15(2,3)9-11-10-7-5-6-8-12(10)14-13(11)16-4/h6-8H,5,9H2,1-4H3/q+1. The molecule has 0 aromatic heterocycles. The van der Waals surface area contributed by atoms with Crippen LogP contribution in [0.1, 0.15) is 6.42 Å². The van der Waals surface area contributed by atoms with Crippen LogP contribution in [0.3, 0.4) is 0 Å². The number of hydrogen-bond acceptors (Lipinski definition) is 2. The van der Waals surface area contributed by atoms with Gasteiger partial charge in [-0.15, -0.1) is 0 Å². The molecule has 0 aromatic carbocycles. The van der Waals surface area contributed by atoms with Crippen LogP contribution in [0.2, 0.25) is 0 Å². The van der Waals surface area contributed by atoms with Gasteiger partial charge in [0.2, 0.25) is 5.88 Å². The molecule has 1 aliphatic heterocycles. The second-order valence-corrected chi connectivity index (χ2v) is 5.19. The minimum Gasteiger partial charge on any atom is -0.481 e. The van der Waals surface area contributed by atoms with Crippen molar-refractivity contribution in [2.24, 2.45) is 4.99 Å². The molecule has 0 radical (unpaired) electrons. The maximum atomic E-state index is 5.37. The van der Waals surface area contributed by atoms with Crippen LogP contribution in [0, 0.1) is 0 Å². The summed E-state index contributed by atoms with van der Waals surface area (Å²) in [5, 5.41) is 0. The van der Waals surface area contributed by atoms with Crippen LogP contribution in [0.15, 0.2) is 40.2 Å². The van der Waals surface area contributed by atoms with Gasteiger partial charge in [-0.05, 0) is 12.5 Å². The van der Waals surface area contributed by atoms with E-state index in [9.17, 15) is 0 Å². The first-order chi connectivity index (χ1) is 7.51. The fourth-order valence-electron chi connectivity index (χ4n) is 2.02. The molecule has 3 heteroatoms. The number of fused-ring (bicyclic) bond motifs is 1. The number of nitrogens with zero attached hydrogens (tertiary/aromatic N) is 2. The minimum atomic E-state index is 0.779. The highest BCUT2D eigenvalue weighted by molar-refractivity contribution is 6.14. The van der Waals surface area contributed by atoms with E-state index in [4.69, 9.17) is 4.74 Å². The molecular weight excluding hydrogens is 200 g/mol. The van der Waals surface area contributed by atoms with Gasteiger partial charge in [0.1, 0.15) is 6.54 Å². The van der Waals surface area contributed by atoms with Crippen molar-refractivity contribution in [3.63, 3.8) is 0 Å². The summed E-state index contributed by atoms with van der Waals surface area (Å²) in [6.07, 6.45) is 7.43. The summed E-state index contributed by atoms with van der Waals surface area (Å²) in [6, 6.07) is 0. The minimum absolute atomic E-state index is 0.779. The van der Waals surface area contributed by atoms with E-state index < -0.39 is 0 Å². The first-order valence-corrected chi connectivity index (χ1v) is 5.55. The maximum absolute atomic E-state index is 5.37. The zero-order valence-electron chi connectivity index (χ0n) is 10.4. The Hall–Kier alpha value is -1.35. The number of aliphatic imine (C=N–C) groups is 1. The lowest BCUT2D eigenvalue weighted by Gasteiger charge is -2.25. The number of allylic oxidation sites excluding steroid dienone is 3. The van der Waals surface area contributed by atoms with Crippen molar-refractivity contribution >= 4 is 5.71 Å². The molecule has 1 aliphatic carbocycles. The summed E-state index contributed by atoms with van der Waals surface area (Å²) in [5.41, 5.74) is 3.54. The van der Waals surface area contributed by atoms with E-state index in [0.29, 0.717) is 0 Å². The van der Waals surface area contributed by atoms with Crippen molar-refractivity contribution in [2.75, 3.05) is 34.8 Å². The van der Waals surface area contributed by atoms with Crippen LogP contribution in [0.5, 0.6) is 0 Å². The van der Waals surface area contributed by atoms with Crippen LogP contribution in [0.25, 0.3) is 0 Å². The monoisotopic (exact) mass is 219 g/mol. The molecule has 2 rings (SSSR count). The van der Waals surface area contributed by atoms with Gasteiger partial charge in [-0.25, -0.2) is 4.99 Å². The van der Waals surface area contributed by atoms with E-state index in [1.165, 1.54) is 11.1 Å². The van der Waals surface area contributed by atoms with Crippen molar-refractivity contribution in [1.29, 1.82) is 0 Å². The SMILES string of the molecule is COC1=C(C[N+](C)(C)C)C2=CCC=CC2=N1. The van der Waals surface area contributed by atoms with E-state index in [2.05, 4.69) is 44.4 Å². The highest BCUT2D eigenvalue weighted by Gasteiger charge is 2.28. The predicted octanol–water partition coefficient (Wildman–Crippen LogP) is 1.89. The quantitative estimate of drug-likeness (QED) is 0.664. The van der Waals surface area contributed by atoms with Gasteiger partial charge in [0.15, 0.2) is 0 Å². The average Bonchev–Trinajstić information content (AvgIpc) is 2.55. The molecule has 0 fully saturated rings. The van der Waals surface area contributed by atoms with Gasteiger partial charge < -0.3 is 9.22 Å². The molecule has 16 heavy (non-hydrogen) atoms. The third-order valence-corrected chi connectivity index (χ3v) is 2.64. The van der Waals surface area contributed by atoms with Gasteiger partial charge >= 0.3 is 0 Å². The molecule has 0 amide bonds. The zero-order chi connectivity index (χ0) is 11.8. The second-order valence-electron chi connectivity index (χ2n) is 5.19. The number of rotatable bonds is 3. The molecule has 0 aromatic rings. The average molecular weight is 219 g/mol. The summed E-state index contributed by atoms with van der Waals surface area (Å²) in [7, 11) is 8.23. The van der Waals surface area contributed by atoms with Gasteiger partial charge in [0.05, 0.1) is 39.5 Å². The summed E-state index contributed by atoms with van der Waals surface area (Å²) in [4.78, 5) is 4.50. The number of quaternary nitrogens is 1. The predicted molar refractivity (Wildman–Crippen MR) is 66.2 cm³/mol. The Morgan fingerprint density at radius 2 is 2.12 bits per heavy atom. The maximum Gasteiger partial charge on any atom is 0.223 e. The Balaban J connectivity index is 2.33. The molecule has 0 saturated carbocycles. The number of ether oxygens (including phenoxy) is 1. The highest BCUT2D eigenvalue weighted by atomic mass is 16.5. The Bertz CT molecular complexity index is 420. The lowest BCUT2D eigenvalue weighted by Crippen LogP contribution is -2.37. The van der Waals surface area contributed by atoms with Crippen molar-refractivity contribution < 1.29 is 9.22 Å². The first-order valence-electron chi connectivity index (χ1n) is 5.55. The lowest BCUT2D eigenvalue weighted by atomic mass is 9.98. The molecule has 0 N–H and O–H groups in total. The van der Waals surface area contributed by atoms with Crippen molar-refractivity contribution in [1.82, 2.24) is 0 Å². The van der Waals surface area contributed by atoms with Crippen LogP contribution >= 0.6 is 0 Å². The fraction of sp³-hybridized carbons (Fsp3) is 0.462. The van der Waals surface area contributed by atoms with E-state index in [-0.39, 0.29) is 0 Å². The number of methoxy groups -OCH3 is 1. The van der Waals surface area contributed by atoms with Crippen LogP contribution in [0.4, 0.5) is 0 Å². The van der Waals surface area contributed by atoms with Crippen LogP contribution in [-0.4, -0.2) is 45.0 Å². The molecule has 1 heterocycles. The van der Waals surface area contributed by atoms with E-state index in [1.807, 2.05) is 0 Å². The van der Waals surface area contributed by atoms with Crippen molar-refractivity contribution in [3.8, 4) is 0 Å². The summed E-state index contributed by atoms with van der Waals surface area (Å²) < 4.78 is 6.25. The summed E-state index contributed by atoms with van der Waals surface area (Å²) >= 11 is 0. The van der Waals surface area contributed by atoms with E-state index in [0.717, 1.165) is 29.0 Å². The van der Waals surface area contributed by atoms with Crippen LogP contribution < -0.4 is 0 Å². The van der Waals surface area contributed by atoms with Crippen LogP contribution in [-0.2, 0) is 4.74 Å². The molecule has 0 bridgehead atoms. The van der Waals surface area contributed by atoms with Gasteiger partial charge in [-0.3, -0.25) is 0 Å². The van der Waals surface area contributed by atoms with Crippen molar-refractivity contribution in [2.45, 2.75) is 6.42 Å². The summed E-state index contributed by atoms with van der Waals surface area (Å²) in [5.74, 6) is 0.779. The molecule has 2 aliphatic rings. The summed E-state index contributed by atoms with van der Waals surface area (Å²) in [6.45, 7) is 0.940. The zero-order valence-corrected chi connectivity index (χ0v) is 10.4. The van der Waals surface area contributed by atoms with Crippen molar-refractivity contribution in [3.05, 3.63) is 35.3 Å². The lowest BCUT2D eigenvalue weighted by molar-refractivity contribution is -0.865. The molecule has 0 atom stereocenters. The first kappa shape index (κ1) is 11.1. The molecule has 0 saturated heterocycles. The van der Waals surface area contributed by atoms with Gasteiger partial charge in [0.25, 0.3) is 0 Å². The molecule has 0 unspecified atom stereocenters. The molecular formula is C13H19N2O+. The third-order valence-electron chi connectivity index (χ3n) is 2.64. The number of likely N-dealkylation sites (N-methyl/N-ethyl adjacent to an activating group) is 1. The Morgan fingerprint density at radius 1 is 1.38 bits per heavy atom. The van der Waals surface area contributed by atoms with E-state index >= 15 is 0 Å². The molecule has 3 nitrogen and oxygen atoms in total. The second kappa shape index (κ2) is 3.91. The largest absolute Gasteiger partial charge is 0.481 e. The normalized spacial score (nSPS) is 19.5. The van der Waals surface area contributed by atoms with Gasteiger partial charge in [-0.1, -0.05) is 12.2 Å². The fourth-order valence-corrected chi connectivity index (χ4v) is 2.02. The number of hydrogen-bond donors (Lipinski definition) is 0.